The van der Waals surface area contributed by atoms with Crippen LogP contribution in [-0.2, 0) is 16.1 Å². The van der Waals surface area contributed by atoms with E-state index in [1.54, 1.807) is 12.1 Å². The lowest BCUT2D eigenvalue weighted by molar-refractivity contribution is -0.121. The largest absolute Gasteiger partial charge is 0.484 e. The molecular weight excluding hydrogens is 318 g/mol. The highest BCUT2D eigenvalue weighted by atomic mass is 35.5. The lowest BCUT2D eigenvalue weighted by Crippen LogP contribution is -2.23. The van der Waals surface area contributed by atoms with E-state index in [-0.39, 0.29) is 24.9 Å². The summed E-state index contributed by atoms with van der Waals surface area (Å²) in [5.74, 6) is 0.745. The molecule has 23 heavy (non-hydrogen) atoms. The second kappa shape index (κ2) is 10.1. The van der Waals surface area contributed by atoms with Crippen LogP contribution in [0, 0.1) is 5.92 Å². The summed E-state index contributed by atoms with van der Waals surface area (Å²) in [6.45, 7) is 2.39. The molecule has 1 aliphatic heterocycles. The Labute approximate surface area is 142 Å². The van der Waals surface area contributed by atoms with Gasteiger partial charge in [0.25, 0.3) is 5.91 Å². The van der Waals surface area contributed by atoms with Gasteiger partial charge in [0.05, 0.1) is 0 Å². The molecule has 0 saturated carbocycles. The first-order chi connectivity index (χ1) is 10.6. The van der Waals surface area contributed by atoms with Crippen molar-refractivity contribution >= 4 is 24.2 Å². The SMILES string of the molecule is Cl.NC(=O)COc1cccc(CNC(=O)CCC2CCNC2)c1. The first-order valence-electron chi connectivity index (χ1n) is 7.61. The van der Waals surface area contributed by atoms with Crippen molar-refractivity contribution in [2.45, 2.75) is 25.8 Å². The van der Waals surface area contributed by atoms with E-state index in [4.69, 9.17) is 10.5 Å². The molecule has 128 valence electrons. The molecule has 1 aliphatic rings. The van der Waals surface area contributed by atoms with Crippen molar-refractivity contribution in [2.24, 2.45) is 11.7 Å². The van der Waals surface area contributed by atoms with Gasteiger partial charge in [0.1, 0.15) is 5.75 Å². The summed E-state index contributed by atoms with van der Waals surface area (Å²) >= 11 is 0. The monoisotopic (exact) mass is 341 g/mol. The van der Waals surface area contributed by atoms with Crippen LogP contribution in [0.4, 0.5) is 0 Å². The Morgan fingerprint density at radius 1 is 1.39 bits per heavy atom. The highest BCUT2D eigenvalue weighted by molar-refractivity contribution is 5.85. The molecule has 7 heteroatoms. The highest BCUT2D eigenvalue weighted by Gasteiger charge is 2.15. The summed E-state index contributed by atoms with van der Waals surface area (Å²) in [5, 5.41) is 6.21. The van der Waals surface area contributed by atoms with Gasteiger partial charge in [0.2, 0.25) is 5.91 Å². The Morgan fingerprint density at radius 3 is 2.91 bits per heavy atom. The molecular formula is C16H24ClN3O3. The molecule has 2 rings (SSSR count). The van der Waals surface area contributed by atoms with Crippen LogP contribution in [-0.4, -0.2) is 31.5 Å². The summed E-state index contributed by atoms with van der Waals surface area (Å²) < 4.78 is 5.24. The number of benzene rings is 1. The number of carbonyl (C=O) groups is 2. The standard InChI is InChI=1S/C16H23N3O3.ClH/c17-15(20)11-22-14-3-1-2-13(8-14)10-19-16(21)5-4-12-6-7-18-9-12;/h1-3,8,12,18H,4-7,9-11H2,(H2,17,20)(H,19,21);1H. The van der Waals surface area contributed by atoms with Gasteiger partial charge in [0, 0.05) is 13.0 Å². The maximum absolute atomic E-state index is 11.8. The van der Waals surface area contributed by atoms with Crippen molar-refractivity contribution < 1.29 is 14.3 Å². The van der Waals surface area contributed by atoms with Crippen LogP contribution < -0.4 is 21.1 Å². The third-order valence-electron chi connectivity index (χ3n) is 3.71. The lowest BCUT2D eigenvalue weighted by Gasteiger charge is -2.10. The van der Waals surface area contributed by atoms with E-state index in [1.807, 2.05) is 12.1 Å². The van der Waals surface area contributed by atoms with E-state index in [1.165, 1.54) is 0 Å². The van der Waals surface area contributed by atoms with Crippen molar-refractivity contribution in [1.29, 1.82) is 0 Å². The minimum absolute atomic E-state index is 0. The Hall–Kier alpha value is -1.79. The van der Waals surface area contributed by atoms with Crippen molar-refractivity contribution in [3.05, 3.63) is 29.8 Å². The van der Waals surface area contributed by atoms with Gasteiger partial charge in [-0.05, 0) is 49.5 Å². The molecule has 0 aromatic heterocycles. The molecule has 4 N–H and O–H groups in total. The predicted molar refractivity (Wildman–Crippen MR) is 90.4 cm³/mol. The maximum Gasteiger partial charge on any atom is 0.255 e. The molecule has 1 heterocycles. The van der Waals surface area contributed by atoms with Crippen LogP contribution in [0.15, 0.2) is 24.3 Å². The van der Waals surface area contributed by atoms with E-state index in [0.717, 1.165) is 31.5 Å². The number of amides is 2. The van der Waals surface area contributed by atoms with E-state index in [0.29, 0.717) is 24.6 Å². The fourth-order valence-corrected chi connectivity index (χ4v) is 2.48. The summed E-state index contributed by atoms with van der Waals surface area (Å²) in [5.41, 5.74) is 5.96. The molecule has 0 aliphatic carbocycles. The van der Waals surface area contributed by atoms with Crippen LogP contribution in [0.3, 0.4) is 0 Å². The molecule has 0 bridgehead atoms. The molecule has 0 spiro atoms. The molecule has 0 radical (unpaired) electrons. The molecule has 1 atom stereocenters. The number of halogens is 1. The third kappa shape index (κ3) is 7.34. The van der Waals surface area contributed by atoms with Gasteiger partial charge < -0.3 is 21.1 Å². The number of rotatable bonds is 8. The summed E-state index contributed by atoms with van der Waals surface area (Å²) in [6, 6.07) is 7.27. The second-order valence-electron chi connectivity index (χ2n) is 5.58. The quantitative estimate of drug-likeness (QED) is 0.657. The van der Waals surface area contributed by atoms with E-state index in [2.05, 4.69) is 10.6 Å². The van der Waals surface area contributed by atoms with Gasteiger partial charge in [-0.25, -0.2) is 0 Å². The first-order valence-corrected chi connectivity index (χ1v) is 7.61. The minimum atomic E-state index is -0.514. The number of primary amides is 1. The Balaban J connectivity index is 0.00000264. The van der Waals surface area contributed by atoms with Crippen LogP contribution in [0.25, 0.3) is 0 Å². The van der Waals surface area contributed by atoms with Gasteiger partial charge >= 0.3 is 0 Å². The summed E-state index contributed by atoms with van der Waals surface area (Å²) in [6.07, 6.45) is 2.65. The van der Waals surface area contributed by atoms with Gasteiger partial charge in [-0.1, -0.05) is 12.1 Å². The summed E-state index contributed by atoms with van der Waals surface area (Å²) in [4.78, 5) is 22.5. The zero-order valence-corrected chi connectivity index (χ0v) is 13.9. The van der Waals surface area contributed by atoms with Crippen LogP contribution in [0.1, 0.15) is 24.8 Å². The average molecular weight is 342 g/mol. The van der Waals surface area contributed by atoms with Gasteiger partial charge in [0.15, 0.2) is 6.61 Å². The van der Waals surface area contributed by atoms with E-state index < -0.39 is 5.91 Å². The Morgan fingerprint density at radius 2 is 2.22 bits per heavy atom. The smallest absolute Gasteiger partial charge is 0.255 e. The van der Waals surface area contributed by atoms with Gasteiger partial charge in [-0.15, -0.1) is 12.4 Å². The van der Waals surface area contributed by atoms with E-state index in [9.17, 15) is 9.59 Å². The first kappa shape index (κ1) is 19.3. The number of carbonyl (C=O) groups excluding carboxylic acids is 2. The van der Waals surface area contributed by atoms with Gasteiger partial charge in [-0.3, -0.25) is 9.59 Å². The van der Waals surface area contributed by atoms with Gasteiger partial charge in [-0.2, -0.15) is 0 Å². The highest BCUT2D eigenvalue weighted by Crippen LogP contribution is 2.15. The molecule has 1 saturated heterocycles. The molecule has 1 aromatic rings. The Bertz CT molecular complexity index is 519. The van der Waals surface area contributed by atoms with Crippen LogP contribution >= 0.6 is 12.4 Å². The van der Waals surface area contributed by atoms with Crippen LogP contribution in [0.5, 0.6) is 5.75 Å². The normalized spacial score (nSPS) is 16.4. The van der Waals surface area contributed by atoms with Crippen molar-refractivity contribution in [3.63, 3.8) is 0 Å². The molecule has 1 unspecified atom stereocenters. The fraction of sp³-hybridized carbons (Fsp3) is 0.500. The molecule has 1 fully saturated rings. The van der Waals surface area contributed by atoms with Crippen molar-refractivity contribution in [3.8, 4) is 5.75 Å². The lowest BCUT2D eigenvalue weighted by atomic mass is 10.0. The number of nitrogens with two attached hydrogens (primary N) is 1. The van der Waals surface area contributed by atoms with Crippen LogP contribution in [0.2, 0.25) is 0 Å². The Kier molecular flexibility index (Phi) is 8.43. The molecule has 2 amide bonds. The maximum atomic E-state index is 11.8. The molecule has 1 aromatic carbocycles. The number of hydrogen-bond acceptors (Lipinski definition) is 4. The minimum Gasteiger partial charge on any atom is -0.484 e. The topological polar surface area (TPSA) is 93.5 Å². The fourth-order valence-electron chi connectivity index (χ4n) is 2.48. The van der Waals surface area contributed by atoms with Crippen molar-refractivity contribution in [2.75, 3.05) is 19.7 Å². The third-order valence-corrected chi connectivity index (χ3v) is 3.71. The molecule has 6 nitrogen and oxygen atoms in total. The zero-order chi connectivity index (χ0) is 15.8. The number of hydrogen-bond donors (Lipinski definition) is 3. The zero-order valence-electron chi connectivity index (χ0n) is 13.0. The van der Waals surface area contributed by atoms with Crippen molar-refractivity contribution in [1.82, 2.24) is 10.6 Å². The predicted octanol–water partition coefficient (Wildman–Crippen LogP) is 0.978. The summed E-state index contributed by atoms with van der Waals surface area (Å²) in [7, 11) is 0. The average Bonchev–Trinajstić information content (AvgIpc) is 3.03. The van der Waals surface area contributed by atoms with E-state index >= 15 is 0 Å². The number of nitrogens with one attached hydrogen (secondary N) is 2. The second-order valence-corrected chi connectivity index (χ2v) is 5.58. The number of ether oxygens (including phenoxy) is 1.